The van der Waals surface area contributed by atoms with Crippen molar-refractivity contribution < 1.29 is 27.5 Å². The lowest BCUT2D eigenvalue weighted by molar-refractivity contribution is -0.274. The van der Waals surface area contributed by atoms with Crippen molar-refractivity contribution in [2.24, 2.45) is 0 Å². The summed E-state index contributed by atoms with van der Waals surface area (Å²) in [5, 5.41) is 0. The van der Waals surface area contributed by atoms with E-state index in [4.69, 9.17) is 0 Å². The van der Waals surface area contributed by atoms with Crippen LogP contribution in [-0.4, -0.2) is 17.9 Å². The van der Waals surface area contributed by atoms with Gasteiger partial charge in [0.15, 0.2) is 0 Å². The Morgan fingerprint density at radius 3 is 2.04 bits per heavy atom. The molecule has 0 N–H and O–H groups in total. The molecule has 3 nitrogen and oxygen atoms in total. The molecular weight excluding hydrogens is 345 g/mol. The Morgan fingerprint density at radius 1 is 0.885 bits per heavy atom. The SMILES string of the molecule is CCC(=O)CC(=O)CCCCCCCCc1ccc(OC(F)(F)F)cc1. The minimum Gasteiger partial charge on any atom is -0.406 e. The van der Waals surface area contributed by atoms with E-state index >= 15 is 0 Å². The lowest BCUT2D eigenvalue weighted by atomic mass is 10.0. The Morgan fingerprint density at radius 2 is 1.46 bits per heavy atom. The molecule has 6 heteroatoms. The highest BCUT2D eigenvalue weighted by atomic mass is 19.4. The van der Waals surface area contributed by atoms with Gasteiger partial charge in [-0.3, -0.25) is 9.59 Å². The van der Waals surface area contributed by atoms with E-state index < -0.39 is 6.36 Å². The fourth-order valence-corrected chi connectivity index (χ4v) is 2.65. The van der Waals surface area contributed by atoms with Gasteiger partial charge >= 0.3 is 6.36 Å². The molecule has 26 heavy (non-hydrogen) atoms. The number of unbranched alkanes of at least 4 members (excludes halogenated alkanes) is 5. The van der Waals surface area contributed by atoms with Gasteiger partial charge in [0, 0.05) is 12.8 Å². The Hall–Kier alpha value is -1.85. The molecule has 1 aromatic rings. The average Bonchev–Trinajstić information content (AvgIpc) is 2.57. The summed E-state index contributed by atoms with van der Waals surface area (Å²) in [4.78, 5) is 22.7. The normalized spacial score (nSPS) is 11.4. The van der Waals surface area contributed by atoms with Crippen LogP contribution in [0.15, 0.2) is 24.3 Å². The lowest BCUT2D eigenvalue weighted by Crippen LogP contribution is -2.17. The van der Waals surface area contributed by atoms with Crippen molar-refractivity contribution in [1.29, 1.82) is 0 Å². The van der Waals surface area contributed by atoms with Crippen LogP contribution in [0.5, 0.6) is 5.75 Å². The van der Waals surface area contributed by atoms with Gasteiger partial charge in [0.25, 0.3) is 0 Å². The van der Waals surface area contributed by atoms with E-state index in [2.05, 4.69) is 4.74 Å². The molecule has 0 bridgehead atoms. The molecule has 1 rings (SSSR count). The zero-order valence-corrected chi connectivity index (χ0v) is 15.2. The smallest absolute Gasteiger partial charge is 0.406 e. The predicted molar refractivity (Wildman–Crippen MR) is 94.1 cm³/mol. The number of rotatable bonds is 13. The molecule has 0 spiro atoms. The monoisotopic (exact) mass is 372 g/mol. The van der Waals surface area contributed by atoms with Gasteiger partial charge in [-0.15, -0.1) is 13.2 Å². The zero-order valence-electron chi connectivity index (χ0n) is 15.2. The number of benzene rings is 1. The van der Waals surface area contributed by atoms with Gasteiger partial charge in [0.2, 0.25) is 0 Å². The van der Waals surface area contributed by atoms with E-state index in [1.807, 2.05) is 0 Å². The predicted octanol–water partition coefficient (Wildman–Crippen LogP) is 5.80. The van der Waals surface area contributed by atoms with Gasteiger partial charge in [-0.25, -0.2) is 0 Å². The summed E-state index contributed by atoms with van der Waals surface area (Å²) in [5.74, 6) is -0.153. The molecule has 0 aliphatic rings. The highest BCUT2D eigenvalue weighted by Gasteiger charge is 2.30. The number of aryl methyl sites for hydroxylation is 1. The van der Waals surface area contributed by atoms with Crippen LogP contribution >= 0.6 is 0 Å². The van der Waals surface area contributed by atoms with Gasteiger partial charge < -0.3 is 4.74 Å². The van der Waals surface area contributed by atoms with Gasteiger partial charge in [-0.1, -0.05) is 44.7 Å². The molecule has 0 saturated carbocycles. The maximum atomic E-state index is 12.1. The summed E-state index contributed by atoms with van der Waals surface area (Å²) in [6, 6.07) is 5.99. The number of Topliss-reactive ketones (excluding diaryl/α,β-unsaturated/α-hetero) is 2. The Balaban J connectivity index is 2.05. The molecule has 0 aliphatic heterocycles. The summed E-state index contributed by atoms with van der Waals surface area (Å²) in [6.45, 7) is 1.76. The van der Waals surface area contributed by atoms with Crippen molar-refractivity contribution in [1.82, 2.24) is 0 Å². The first-order chi connectivity index (χ1) is 12.3. The summed E-state index contributed by atoms with van der Waals surface area (Å²) < 4.78 is 40.1. The third-order valence-electron chi connectivity index (χ3n) is 4.12. The molecule has 0 atom stereocenters. The molecule has 1 aromatic carbocycles. The van der Waals surface area contributed by atoms with Crippen molar-refractivity contribution in [3.05, 3.63) is 29.8 Å². The summed E-state index contributed by atoms with van der Waals surface area (Å²) in [5.41, 5.74) is 0.991. The lowest BCUT2D eigenvalue weighted by Gasteiger charge is -2.09. The van der Waals surface area contributed by atoms with Crippen molar-refractivity contribution in [2.75, 3.05) is 0 Å². The molecule has 0 heterocycles. The second-order valence-electron chi connectivity index (χ2n) is 6.42. The van der Waals surface area contributed by atoms with Crippen LogP contribution in [0.2, 0.25) is 0 Å². The van der Waals surface area contributed by atoms with Gasteiger partial charge in [-0.05, 0) is 37.0 Å². The number of hydrogen-bond donors (Lipinski definition) is 0. The number of hydrogen-bond acceptors (Lipinski definition) is 3. The molecule has 0 aliphatic carbocycles. The molecule has 0 radical (unpaired) electrons. The summed E-state index contributed by atoms with van der Waals surface area (Å²) >= 11 is 0. The van der Waals surface area contributed by atoms with Gasteiger partial charge in [0.05, 0.1) is 6.42 Å². The first-order valence-corrected chi connectivity index (χ1v) is 9.18. The van der Waals surface area contributed by atoms with Crippen LogP contribution in [0, 0.1) is 0 Å². The minimum atomic E-state index is -4.66. The second kappa shape index (κ2) is 11.7. The van der Waals surface area contributed by atoms with Crippen LogP contribution in [0.4, 0.5) is 13.2 Å². The number of ketones is 2. The van der Waals surface area contributed by atoms with Crippen molar-refractivity contribution in [3.8, 4) is 5.75 Å². The third kappa shape index (κ3) is 10.9. The molecule has 0 unspecified atom stereocenters. The third-order valence-corrected chi connectivity index (χ3v) is 4.12. The van der Waals surface area contributed by atoms with Crippen LogP contribution in [0.1, 0.15) is 70.3 Å². The number of alkyl halides is 3. The van der Waals surface area contributed by atoms with E-state index in [9.17, 15) is 22.8 Å². The van der Waals surface area contributed by atoms with E-state index in [1.54, 1.807) is 19.1 Å². The highest BCUT2D eigenvalue weighted by Crippen LogP contribution is 2.23. The van der Waals surface area contributed by atoms with E-state index in [0.717, 1.165) is 50.5 Å². The standard InChI is InChI=1S/C20H27F3O3/c1-2-17(24)15-18(25)10-8-6-4-3-5-7-9-16-11-13-19(14-12-16)26-20(21,22)23/h11-14H,2-10,15H2,1H3. The first-order valence-electron chi connectivity index (χ1n) is 9.18. The Labute approximate surface area is 152 Å². The molecule has 0 amide bonds. The van der Waals surface area contributed by atoms with Crippen molar-refractivity contribution in [3.63, 3.8) is 0 Å². The van der Waals surface area contributed by atoms with Crippen LogP contribution in [-0.2, 0) is 16.0 Å². The Kier molecular flexibility index (Phi) is 9.99. The maximum absolute atomic E-state index is 12.1. The molecule has 0 saturated heterocycles. The zero-order chi connectivity index (χ0) is 19.4. The van der Waals surface area contributed by atoms with Crippen LogP contribution in [0.25, 0.3) is 0 Å². The highest BCUT2D eigenvalue weighted by molar-refractivity contribution is 5.98. The fraction of sp³-hybridized carbons (Fsp3) is 0.600. The second-order valence-corrected chi connectivity index (χ2v) is 6.42. The van der Waals surface area contributed by atoms with Gasteiger partial charge in [-0.2, -0.15) is 0 Å². The molecule has 146 valence electrons. The van der Waals surface area contributed by atoms with Crippen molar-refractivity contribution in [2.45, 2.75) is 77.5 Å². The molecule has 0 aromatic heterocycles. The summed E-state index contributed by atoms with van der Waals surface area (Å²) in [6.07, 6.45) is 3.09. The fourth-order valence-electron chi connectivity index (χ4n) is 2.65. The quantitative estimate of drug-likeness (QED) is 0.325. The van der Waals surface area contributed by atoms with E-state index in [-0.39, 0.29) is 23.7 Å². The van der Waals surface area contributed by atoms with Crippen molar-refractivity contribution >= 4 is 11.6 Å². The molecule has 0 fully saturated rings. The number of carbonyl (C=O) groups is 2. The number of halogens is 3. The van der Waals surface area contributed by atoms with Gasteiger partial charge in [0.1, 0.15) is 17.3 Å². The van der Waals surface area contributed by atoms with Crippen LogP contribution < -0.4 is 4.74 Å². The first kappa shape index (κ1) is 22.2. The van der Waals surface area contributed by atoms with Crippen LogP contribution in [0.3, 0.4) is 0 Å². The maximum Gasteiger partial charge on any atom is 0.573 e. The topological polar surface area (TPSA) is 43.4 Å². The molecular formula is C20H27F3O3. The largest absolute Gasteiger partial charge is 0.573 e. The minimum absolute atomic E-state index is 0.00741. The summed E-state index contributed by atoms with van der Waals surface area (Å²) in [7, 11) is 0. The average molecular weight is 372 g/mol. The number of ether oxygens (including phenoxy) is 1. The Bertz CT molecular complexity index is 550. The van der Waals surface area contributed by atoms with E-state index in [1.165, 1.54) is 12.1 Å². The number of carbonyl (C=O) groups excluding carboxylic acids is 2. The van der Waals surface area contributed by atoms with E-state index in [0.29, 0.717) is 12.8 Å².